The Balaban J connectivity index is 1.34. The Morgan fingerprint density at radius 2 is 1.73 bits per heavy atom. The van der Waals surface area contributed by atoms with E-state index in [0.717, 1.165) is 0 Å². The molecule has 1 heterocycles. The van der Waals surface area contributed by atoms with Gasteiger partial charge in [-0.1, -0.05) is 42.8 Å². The monoisotopic (exact) mass is 590 g/mol. The van der Waals surface area contributed by atoms with Crippen LogP contribution in [0.15, 0.2) is 71.8 Å². The maximum Gasteiger partial charge on any atom is 0.573 e. The summed E-state index contributed by atoms with van der Waals surface area (Å²) in [5.41, 5.74) is 2.15. The number of ether oxygens (including phenoxy) is 1. The molecule has 9 nitrogen and oxygen atoms in total. The van der Waals surface area contributed by atoms with E-state index in [2.05, 4.69) is 15.0 Å². The number of benzene rings is 2. The highest BCUT2D eigenvalue weighted by Gasteiger charge is 2.39. The van der Waals surface area contributed by atoms with E-state index in [9.17, 15) is 31.2 Å². The first-order chi connectivity index (χ1) is 19.3. The van der Waals surface area contributed by atoms with Crippen LogP contribution in [0, 0.1) is 11.8 Å². The number of amides is 2. The van der Waals surface area contributed by atoms with Gasteiger partial charge in [-0.25, -0.2) is 13.6 Å². The molecular formula is C28H29F3N4O5S. The van der Waals surface area contributed by atoms with Crippen molar-refractivity contribution in [1.82, 2.24) is 15.2 Å². The van der Waals surface area contributed by atoms with E-state index in [-0.39, 0.29) is 35.5 Å². The Hall–Kier alpha value is -3.97. The van der Waals surface area contributed by atoms with Gasteiger partial charge >= 0.3 is 6.36 Å². The molecule has 1 aliphatic carbocycles. The molecule has 13 heteroatoms. The fourth-order valence-corrected chi connectivity index (χ4v) is 5.69. The molecule has 3 N–H and O–H groups in total. The predicted octanol–water partition coefficient (Wildman–Crippen LogP) is 3.99. The summed E-state index contributed by atoms with van der Waals surface area (Å²) in [6.45, 7) is 0.288. The minimum atomic E-state index is -4.78. The number of halogens is 3. The maximum atomic E-state index is 13.3. The van der Waals surface area contributed by atoms with Crippen LogP contribution in [-0.2, 0) is 32.7 Å². The first kappa shape index (κ1) is 30.0. The number of aromatic nitrogens is 1. The van der Waals surface area contributed by atoms with Crippen LogP contribution in [0.4, 0.5) is 13.2 Å². The molecule has 0 aliphatic heterocycles. The second-order valence-electron chi connectivity index (χ2n) is 9.83. The summed E-state index contributed by atoms with van der Waals surface area (Å²) in [7, 11) is -2.30. The second kappa shape index (κ2) is 12.3. The Labute approximate surface area is 235 Å². The van der Waals surface area contributed by atoms with Crippen LogP contribution in [0.1, 0.15) is 30.5 Å². The summed E-state index contributed by atoms with van der Waals surface area (Å²) < 4.78 is 64.7. The number of hydrogen-bond acceptors (Lipinski definition) is 6. The van der Waals surface area contributed by atoms with E-state index < -0.39 is 28.2 Å². The zero-order chi connectivity index (χ0) is 29.8. The predicted molar refractivity (Wildman–Crippen MR) is 143 cm³/mol. The quantitative estimate of drug-likeness (QED) is 0.388. The largest absolute Gasteiger partial charge is 0.573 e. The van der Waals surface area contributed by atoms with E-state index >= 15 is 0 Å². The molecule has 3 aromatic rings. The third kappa shape index (κ3) is 7.82. The molecular weight excluding hydrogens is 561 g/mol. The minimum Gasteiger partial charge on any atom is -0.406 e. The third-order valence-corrected chi connectivity index (χ3v) is 7.87. The van der Waals surface area contributed by atoms with Gasteiger partial charge in [0.25, 0.3) is 0 Å². The van der Waals surface area contributed by atoms with E-state index in [0.29, 0.717) is 41.6 Å². The van der Waals surface area contributed by atoms with Gasteiger partial charge in [0.15, 0.2) is 0 Å². The molecule has 0 radical (unpaired) electrons. The molecule has 4 rings (SSSR count). The lowest BCUT2D eigenvalue weighted by atomic mass is 9.93. The van der Waals surface area contributed by atoms with Crippen LogP contribution in [0.25, 0.3) is 11.1 Å². The normalized spacial score (nSPS) is 17.2. The fourth-order valence-electron chi connectivity index (χ4n) is 4.93. The fraction of sp³-hybridized carbons (Fsp3) is 0.321. The molecule has 1 saturated carbocycles. The van der Waals surface area contributed by atoms with Crippen molar-refractivity contribution < 1.29 is 35.9 Å². The first-order valence-corrected chi connectivity index (χ1v) is 14.3. The Morgan fingerprint density at radius 1 is 1.05 bits per heavy atom. The number of carbonyl (C=O) groups is 2. The molecule has 2 atom stereocenters. The van der Waals surface area contributed by atoms with Gasteiger partial charge in [-0.05, 0) is 42.7 Å². The molecule has 2 amide bonds. The smallest absolute Gasteiger partial charge is 0.406 e. The highest BCUT2D eigenvalue weighted by atomic mass is 32.2. The number of primary sulfonamides is 1. The van der Waals surface area contributed by atoms with Crippen molar-refractivity contribution in [2.24, 2.45) is 17.0 Å². The van der Waals surface area contributed by atoms with Crippen molar-refractivity contribution in [2.75, 3.05) is 7.05 Å². The Morgan fingerprint density at radius 3 is 2.37 bits per heavy atom. The minimum absolute atomic E-state index is 0.0140. The lowest BCUT2D eigenvalue weighted by Gasteiger charge is -2.24. The number of alkyl halides is 3. The second-order valence-corrected chi connectivity index (χ2v) is 11.4. The zero-order valence-electron chi connectivity index (χ0n) is 22.1. The van der Waals surface area contributed by atoms with Crippen LogP contribution < -0.4 is 15.2 Å². The van der Waals surface area contributed by atoms with Crippen molar-refractivity contribution in [2.45, 2.75) is 43.6 Å². The van der Waals surface area contributed by atoms with Crippen LogP contribution >= 0.6 is 0 Å². The summed E-state index contributed by atoms with van der Waals surface area (Å²) in [5.74, 6) is -1.87. The van der Waals surface area contributed by atoms with Crippen molar-refractivity contribution in [3.05, 3.63) is 78.1 Å². The van der Waals surface area contributed by atoms with Crippen molar-refractivity contribution in [1.29, 1.82) is 0 Å². The lowest BCUT2D eigenvalue weighted by Crippen LogP contribution is -2.40. The van der Waals surface area contributed by atoms with E-state index in [1.54, 1.807) is 37.4 Å². The number of rotatable bonds is 9. The van der Waals surface area contributed by atoms with E-state index in [1.807, 2.05) is 0 Å². The van der Waals surface area contributed by atoms with Crippen LogP contribution in [0.2, 0.25) is 0 Å². The topological polar surface area (TPSA) is 132 Å². The maximum absolute atomic E-state index is 13.3. The number of carbonyl (C=O) groups excluding carboxylic acids is 2. The lowest BCUT2D eigenvalue weighted by molar-refractivity contribution is -0.274. The molecule has 1 aromatic heterocycles. The molecule has 1 aliphatic rings. The number of pyridine rings is 1. The van der Waals surface area contributed by atoms with Crippen LogP contribution in [0.3, 0.4) is 0 Å². The average molecular weight is 591 g/mol. The molecule has 218 valence electrons. The third-order valence-electron chi connectivity index (χ3n) is 6.90. The molecule has 0 spiro atoms. The van der Waals surface area contributed by atoms with E-state index in [4.69, 9.17) is 5.14 Å². The molecule has 2 aromatic carbocycles. The summed E-state index contributed by atoms with van der Waals surface area (Å²) in [5, 5.41) is 8.11. The van der Waals surface area contributed by atoms with Gasteiger partial charge in [0.1, 0.15) is 5.75 Å². The number of sulfonamides is 1. The molecule has 1 fully saturated rings. The molecule has 41 heavy (non-hydrogen) atoms. The van der Waals surface area contributed by atoms with Crippen molar-refractivity contribution in [3.63, 3.8) is 0 Å². The zero-order valence-corrected chi connectivity index (χ0v) is 22.9. The summed E-state index contributed by atoms with van der Waals surface area (Å²) in [4.78, 5) is 32.1. The molecule has 0 bridgehead atoms. The first-order valence-electron chi connectivity index (χ1n) is 12.8. The number of nitrogens with two attached hydrogens (primary N) is 1. The van der Waals surface area contributed by atoms with Gasteiger partial charge in [0, 0.05) is 42.8 Å². The van der Waals surface area contributed by atoms with Gasteiger partial charge < -0.3 is 15.0 Å². The van der Waals surface area contributed by atoms with Crippen molar-refractivity contribution >= 4 is 21.8 Å². The Bertz CT molecular complexity index is 1500. The number of nitrogens with one attached hydrogen (secondary N) is 1. The Kier molecular flexibility index (Phi) is 8.98. The van der Waals surface area contributed by atoms with Gasteiger partial charge in [-0.3, -0.25) is 14.6 Å². The molecule has 1 unspecified atom stereocenters. The van der Waals surface area contributed by atoms with Crippen LogP contribution in [0.5, 0.6) is 5.75 Å². The average Bonchev–Trinajstić information content (AvgIpc) is 3.41. The highest BCUT2D eigenvalue weighted by molar-refractivity contribution is 7.89. The summed E-state index contributed by atoms with van der Waals surface area (Å²) in [6.07, 6.45) is -1.45. The standard InChI is InChI=1S/C28H29F3N4O5S/c1-35(17-20-12-11-19(16-33-20)22-5-2-3-8-25(22)41(32,38)39)27(37)24-7-4-6-23(24)26(36)34-15-18-9-13-21(14-10-18)40-28(29,30)31/h2-3,5,8-14,16,23-24H,4,6-7,15,17H2,1H3,(H,34,36)(H2,32,38,39)/t23-,24?/m1/s1. The van der Waals surface area contributed by atoms with Gasteiger partial charge in [-0.15, -0.1) is 13.2 Å². The van der Waals surface area contributed by atoms with Gasteiger partial charge in [0.2, 0.25) is 21.8 Å². The summed E-state index contributed by atoms with van der Waals surface area (Å²) in [6, 6.07) is 14.9. The van der Waals surface area contributed by atoms with Gasteiger partial charge in [-0.2, -0.15) is 0 Å². The summed E-state index contributed by atoms with van der Waals surface area (Å²) >= 11 is 0. The van der Waals surface area contributed by atoms with Crippen LogP contribution in [-0.4, -0.2) is 43.5 Å². The van der Waals surface area contributed by atoms with Crippen molar-refractivity contribution in [3.8, 4) is 16.9 Å². The molecule has 0 saturated heterocycles. The SMILES string of the molecule is CN(Cc1ccc(-c2ccccc2S(N)(=O)=O)cn1)C(=O)C1CCC[C@H]1C(=O)NCc1ccc(OC(F)(F)F)cc1. The highest BCUT2D eigenvalue weighted by Crippen LogP contribution is 2.34. The van der Waals surface area contributed by atoms with Gasteiger partial charge in [0.05, 0.1) is 17.1 Å². The number of nitrogens with zero attached hydrogens (tertiary/aromatic N) is 2. The number of hydrogen-bond donors (Lipinski definition) is 2. The van der Waals surface area contributed by atoms with E-state index in [1.165, 1.54) is 41.4 Å².